The minimum absolute atomic E-state index is 0.713. The zero-order valence-electron chi connectivity index (χ0n) is 10.2. The molecule has 0 spiro atoms. The maximum Gasteiger partial charge on any atom is -0.0116 e. The quantitative estimate of drug-likeness (QED) is 0.612. The fourth-order valence-corrected chi connectivity index (χ4v) is 2.31. The van der Waals surface area contributed by atoms with Gasteiger partial charge in [-0.25, -0.2) is 0 Å². The van der Waals surface area contributed by atoms with Gasteiger partial charge in [0.05, 0.1) is 0 Å². The second-order valence-corrected chi connectivity index (χ2v) is 4.30. The number of aliphatic imine (C=N–C) groups is 1. The molecule has 18 heavy (non-hydrogen) atoms. The molecule has 0 bridgehead atoms. The van der Waals surface area contributed by atoms with Crippen LogP contribution in [0.1, 0.15) is 5.56 Å². The summed E-state index contributed by atoms with van der Waals surface area (Å²) in [6, 6.07) is 16.4. The molecule has 0 radical (unpaired) electrons. The lowest BCUT2D eigenvalue weighted by atomic mass is 9.99. The number of hydrogen-bond acceptors (Lipinski definition) is 1. The van der Waals surface area contributed by atoms with E-state index >= 15 is 0 Å². The van der Waals surface area contributed by atoms with Crippen molar-refractivity contribution in [2.45, 2.75) is 6.92 Å². The van der Waals surface area contributed by atoms with Crippen LogP contribution >= 0.6 is 0 Å². The molecule has 3 aromatic rings. The van der Waals surface area contributed by atoms with Crippen LogP contribution in [0.15, 0.2) is 53.5 Å². The summed E-state index contributed by atoms with van der Waals surface area (Å²) < 4.78 is 0. The van der Waals surface area contributed by atoms with Gasteiger partial charge in [-0.2, -0.15) is 0 Å². The van der Waals surface area contributed by atoms with E-state index in [0.29, 0.717) is 5.82 Å². The van der Waals surface area contributed by atoms with Gasteiger partial charge in [-0.3, -0.25) is 0 Å². The molecule has 0 aliphatic rings. The van der Waals surface area contributed by atoms with Gasteiger partial charge in [0.25, 0.3) is 0 Å². The van der Waals surface area contributed by atoms with Crippen LogP contribution in [0, 0.1) is 6.92 Å². The molecule has 0 atom stereocenters. The third-order valence-electron chi connectivity index (χ3n) is 3.19. The highest BCUT2D eigenvalue weighted by Crippen LogP contribution is 2.37. The Kier molecular flexibility index (Phi) is 2.49. The van der Waals surface area contributed by atoms with Crippen molar-refractivity contribution in [3.63, 3.8) is 0 Å². The molecule has 0 amide bonds. The fraction of sp³-hybridized carbons (Fsp3) is 0.0625. The monoisotopic (exact) mass is 233 g/mol. The number of benzene rings is 2. The third kappa shape index (κ3) is 1.54. The molecule has 2 aromatic carbocycles. The van der Waals surface area contributed by atoms with E-state index in [1.807, 2.05) is 30.3 Å². The van der Waals surface area contributed by atoms with Crippen molar-refractivity contribution >= 4 is 23.4 Å². The number of nitrogens with zero attached hydrogens (tertiary/aromatic N) is 2. The molecule has 88 valence electrons. The molecule has 1 heterocycles. The SMILES string of the molecule is C=Nc1[n-]c2ccccc2c1-c1ccccc1C. The molecular weight excluding hydrogens is 220 g/mol. The van der Waals surface area contributed by atoms with E-state index in [1.54, 1.807) is 0 Å². The van der Waals surface area contributed by atoms with Crippen molar-refractivity contribution in [2.24, 2.45) is 4.99 Å². The van der Waals surface area contributed by atoms with E-state index in [1.165, 1.54) is 11.1 Å². The number of aryl methyl sites for hydroxylation is 1. The van der Waals surface area contributed by atoms with Crippen molar-refractivity contribution < 1.29 is 0 Å². The lowest BCUT2D eigenvalue weighted by Gasteiger charge is -2.09. The number of aromatic nitrogens is 1. The molecule has 2 heteroatoms. The third-order valence-corrected chi connectivity index (χ3v) is 3.19. The van der Waals surface area contributed by atoms with Gasteiger partial charge in [-0.05, 0) is 34.5 Å². The summed E-state index contributed by atoms with van der Waals surface area (Å²) in [6.07, 6.45) is 0. The van der Waals surface area contributed by atoms with Crippen molar-refractivity contribution in [3.8, 4) is 11.1 Å². The van der Waals surface area contributed by atoms with Gasteiger partial charge < -0.3 is 9.98 Å². The summed E-state index contributed by atoms with van der Waals surface area (Å²) in [7, 11) is 0. The van der Waals surface area contributed by atoms with Gasteiger partial charge in [0.15, 0.2) is 0 Å². The molecular formula is C16H13N2-. The Morgan fingerprint density at radius 2 is 1.72 bits per heavy atom. The summed E-state index contributed by atoms with van der Waals surface area (Å²) in [5.74, 6) is 0.713. The highest BCUT2D eigenvalue weighted by molar-refractivity contribution is 6.02. The smallest absolute Gasteiger partial charge is 0.0116 e. The van der Waals surface area contributed by atoms with Gasteiger partial charge in [-0.1, -0.05) is 54.3 Å². The van der Waals surface area contributed by atoms with E-state index < -0.39 is 0 Å². The average molecular weight is 233 g/mol. The Hall–Kier alpha value is -2.35. The van der Waals surface area contributed by atoms with E-state index in [9.17, 15) is 0 Å². The van der Waals surface area contributed by atoms with Gasteiger partial charge in [0.1, 0.15) is 0 Å². The number of rotatable bonds is 2. The highest BCUT2D eigenvalue weighted by Gasteiger charge is 2.08. The van der Waals surface area contributed by atoms with Gasteiger partial charge in [0.2, 0.25) is 0 Å². The minimum Gasteiger partial charge on any atom is -0.450 e. The Balaban J connectivity index is 2.41. The summed E-state index contributed by atoms with van der Waals surface area (Å²) in [4.78, 5) is 8.58. The molecule has 0 saturated heterocycles. The second-order valence-electron chi connectivity index (χ2n) is 4.30. The lowest BCUT2D eigenvalue weighted by molar-refractivity contribution is 1.35. The topological polar surface area (TPSA) is 26.5 Å². The Morgan fingerprint density at radius 1 is 1.00 bits per heavy atom. The van der Waals surface area contributed by atoms with Crippen molar-refractivity contribution in [3.05, 3.63) is 54.1 Å². The first kappa shape index (κ1) is 10.8. The molecule has 1 aromatic heterocycles. The normalized spacial score (nSPS) is 10.7. The van der Waals surface area contributed by atoms with Crippen molar-refractivity contribution in [1.82, 2.24) is 4.98 Å². The van der Waals surface area contributed by atoms with Crippen LogP contribution in [0.5, 0.6) is 0 Å². The predicted octanol–water partition coefficient (Wildman–Crippen LogP) is 4.10. The van der Waals surface area contributed by atoms with E-state index in [4.69, 9.17) is 0 Å². The standard InChI is InChI=1S/C16H13N2/c1-11-7-3-4-8-12(11)15-13-9-5-6-10-14(13)18-16(15)17-2/h3-10H,2H2,1H3/q-1. The Bertz CT molecular complexity index is 723. The van der Waals surface area contributed by atoms with Crippen molar-refractivity contribution in [1.29, 1.82) is 0 Å². The van der Waals surface area contributed by atoms with E-state index in [0.717, 1.165) is 16.5 Å². The van der Waals surface area contributed by atoms with Crippen LogP contribution in [0.25, 0.3) is 22.0 Å². The molecule has 0 saturated carbocycles. The molecule has 3 rings (SSSR count). The van der Waals surface area contributed by atoms with Crippen LogP contribution < -0.4 is 4.98 Å². The lowest BCUT2D eigenvalue weighted by Crippen LogP contribution is -1.81. The summed E-state index contributed by atoms with van der Waals surface area (Å²) in [5.41, 5.74) is 4.45. The fourth-order valence-electron chi connectivity index (χ4n) is 2.31. The zero-order chi connectivity index (χ0) is 12.5. The molecule has 0 unspecified atom stereocenters. The summed E-state index contributed by atoms with van der Waals surface area (Å²) >= 11 is 0. The van der Waals surface area contributed by atoms with E-state index in [2.05, 4.69) is 41.8 Å². The summed E-state index contributed by atoms with van der Waals surface area (Å²) in [5, 5.41) is 1.13. The number of hydrogen-bond donors (Lipinski definition) is 0. The molecule has 2 nitrogen and oxygen atoms in total. The largest absolute Gasteiger partial charge is 0.450 e. The van der Waals surface area contributed by atoms with Gasteiger partial charge in [-0.15, -0.1) is 6.72 Å². The van der Waals surface area contributed by atoms with Crippen molar-refractivity contribution in [2.75, 3.05) is 0 Å². The van der Waals surface area contributed by atoms with Crippen LogP contribution in [-0.2, 0) is 0 Å². The summed E-state index contributed by atoms with van der Waals surface area (Å²) in [6.45, 7) is 5.73. The van der Waals surface area contributed by atoms with Crippen LogP contribution in [-0.4, -0.2) is 6.72 Å². The molecule has 0 aliphatic carbocycles. The molecule has 0 fully saturated rings. The minimum atomic E-state index is 0.713. The second kappa shape index (κ2) is 4.15. The zero-order valence-corrected chi connectivity index (χ0v) is 10.2. The Morgan fingerprint density at radius 3 is 2.50 bits per heavy atom. The first-order valence-electron chi connectivity index (χ1n) is 5.89. The maximum absolute atomic E-state index is 4.52. The number of fused-ring (bicyclic) bond motifs is 1. The predicted molar refractivity (Wildman–Crippen MR) is 76.7 cm³/mol. The first-order chi connectivity index (χ1) is 8.81. The van der Waals surface area contributed by atoms with Gasteiger partial charge in [0, 0.05) is 0 Å². The van der Waals surface area contributed by atoms with E-state index in [-0.39, 0.29) is 0 Å². The van der Waals surface area contributed by atoms with Crippen LogP contribution in [0.4, 0.5) is 5.82 Å². The van der Waals surface area contributed by atoms with Gasteiger partial charge >= 0.3 is 0 Å². The maximum atomic E-state index is 4.52. The molecule has 0 aliphatic heterocycles. The first-order valence-corrected chi connectivity index (χ1v) is 5.89. The Labute approximate surface area is 106 Å². The highest BCUT2D eigenvalue weighted by atomic mass is 14.9. The van der Waals surface area contributed by atoms with Crippen LogP contribution in [0.2, 0.25) is 0 Å². The van der Waals surface area contributed by atoms with Crippen LogP contribution in [0.3, 0.4) is 0 Å². The molecule has 0 N–H and O–H groups in total. The average Bonchev–Trinajstić information content (AvgIpc) is 2.78. The number of para-hydroxylation sites is 1.